The summed E-state index contributed by atoms with van der Waals surface area (Å²) in [6.45, 7) is 0. The zero-order valence-electron chi connectivity index (χ0n) is 11.7. The minimum absolute atomic E-state index is 0.178. The Balaban J connectivity index is 1.90. The van der Waals surface area contributed by atoms with Crippen LogP contribution >= 0.6 is 0 Å². The predicted molar refractivity (Wildman–Crippen MR) is 79.7 cm³/mol. The molecular formula is C18H14O4. The maximum absolute atomic E-state index is 11.2. The van der Waals surface area contributed by atoms with Crippen molar-refractivity contribution < 1.29 is 19.8 Å². The molecule has 22 heavy (non-hydrogen) atoms. The largest absolute Gasteiger partial charge is 0.478 e. The summed E-state index contributed by atoms with van der Waals surface area (Å²) in [5.74, 6) is -1.47. The molecule has 0 fully saturated rings. The second-order valence-corrected chi connectivity index (χ2v) is 5.98. The number of carboxylic acid groups (broad SMARTS) is 2. The molecular weight excluding hydrogens is 280 g/mol. The zero-order valence-corrected chi connectivity index (χ0v) is 11.7. The molecule has 2 aromatic rings. The van der Waals surface area contributed by atoms with Gasteiger partial charge in [-0.3, -0.25) is 0 Å². The third kappa shape index (κ3) is 1.70. The molecule has 3 aliphatic rings. The predicted octanol–water partition coefficient (Wildman–Crippen LogP) is 3.45. The standard InChI is InChI=1S/C18H14O4/c19-17(20)9-1-3-11-13-5-6-14(15(11)7-9)12-4-2-10(18(21)22)8-16(12)13/h1-4,7-8,13-14H,5-6H2,(H,19,20)(H,21,22). The van der Waals surface area contributed by atoms with Gasteiger partial charge in [-0.25, -0.2) is 9.59 Å². The second-order valence-electron chi connectivity index (χ2n) is 5.98. The monoisotopic (exact) mass is 294 g/mol. The Kier molecular flexibility index (Phi) is 2.64. The molecule has 3 aliphatic carbocycles. The number of fused-ring (bicyclic) bond motifs is 1. The van der Waals surface area contributed by atoms with Gasteiger partial charge >= 0.3 is 11.9 Å². The summed E-state index contributed by atoms with van der Waals surface area (Å²) in [7, 11) is 0. The van der Waals surface area contributed by atoms with Crippen LogP contribution in [-0.4, -0.2) is 22.2 Å². The molecule has 0 heterocycles. The lowest BCUT2D eigenvalue weighted by molar-refractivity contribution is 0.0685. The average molecular weight is 294 g/mol. The summed E-state index contributed by atoms with van der Waals surface area (Å²) in [5, 5.41) is 18.4. The van der Waals surface area contributed by atoms with Gasteiger partial charge in [0.1, 0.15) is 0 Å². The molecule has 2 N–H and O–H groups in total. The lowest BCUT2D eigenvalue weighted by Crippen LogP contribution is -2.25. The summed E-state index contributed by atoms with van der Waals surface area (Å²) in [6.07, 6.45) is 1.97. The van der Waals surface area contributed by atoms with Crippen LogP contribution in [0.3, 0.4) is 0 Å². The first-order valence-corrected chi connectivity index (χ1v) is 7.30. The van der Waals surface area contributed by atoms with Gasteiger partial charge in [0.2, 0.25) is 0 Å². The molecule has 0 saturated carbocycles. The Morgan fingerprint density at radius 1 is 0.727 bits per heavy atom. The SMILES string of the molecule is O=C(O)c1ccc2c(c1)C1CCC2c2cc(C(=O)O)ccc21. The van der Waals surface area contributed by atoms with Gasteiger partial charge in [-0.05, 0) is 59.4 Å². The first-order chi connectivity index (χ1) is 10.6. The van der Waals surface area contributed by atoms with Crippen molar-refractivity contribution in [3.8, 4) is 0 Å². The van der Waals surface area contributed by atoms with Crippen molar-refractivity contribution >= 4 is 11.9 Å². The molecule has 2 unspecified atom stereocenters. The van der Waals surface area contributed by atoms with Crippen LogP contribution in [0.1, 0.15) is 67.6 Å². The second kappa shape index (κ2) is 4.44. The third-order valence-electron chi connectivity index (χ3n) is 4.91. The summed E-state index contributed by atoms with van der Waals surface area (Å²) < 4.78 is 0. The van der Waals surface area contributed by atoms with E-state index in [0.29, 0.717) is 11.1 Å². The maximum Gasteiger partial charge on any atom is 0.335 e. The first kappa shape index (κ1) is 13.1. The molecule has 110 valence electrons. The van der Waals surface area contributed by atoms with Crippen molar-refractivity contribution in [1.29, 1.82) is 0 Å². The minimum Gasteiger partial charge on any atom is -0.478 e. The van der Waals surface area contributed by atoms with E-state index in [9.17, 15) is 19.8 Å². The highest BCUT2D eigenvalue weighted by molar-refractivity contribution is 5.89. The third-order valence-corrected chi connectivity index (χ3v) is 4.91. The lowest BCUT2D eigenvalue weighted by Gasteiger charge is -2.40. The Hall–Kier alpha value is -2.62. The Morgan fingerprint density at radius 2 is 1.14 bits per heavy atom. The van der Waals surface area contributed by atoms with Crippen LogP contribution in [0.25, 0.3) is 0 Å². The van der Waals surface area contributed by atoms with Gasteiger partial charge in [0.05, 0.1) is 11.1 Å². The molecule has 2 atom stereocenters. The van der Waals surface area contributed by atoms with Gasteiger partial charge in [0.25, 0.3) is 0 Å². The van der Waals surface area contributed by atoms with Gasteiger partial charge in [0.15, 0.2) is 0 Å². The molecule has 0 amide bonds. The van der Waals surface area contributed by atoms with Gasteiger partial charge < -0.3 is 10.2 Å². The van der Waals surface area contributed by atoms with Crippen molar-refractivity contribution in [3.63, 3.8) is 0 Å². The number of carboxylic acids is 2. The Morgan fingerprint density at radius 3 is 1.50 bits per heavy atom. The Bertz CT molecular complexity index is 752. The van der Waals surface area contributed by atoms with Crippen LogP contribution in [0.4, 0.5) is 0 Å². The van der Waals surface area contributed by atoms with E-state index in [4.69, 9.17) is 0 Å². The van der Waals surface area contributed by atoms with E-state index < -0.39 is 11.9 Å². The first-order valence-electron chi connectivity index (χ1n) is 7.30. The van der Waals surface area contributed by atoms with E-state index >= 15 is 0 Å². The van der Waals surface area contributed by atoms with Gasteiger partial charge in [0, 0.05) is 11.8 Å². The summed E-state index contributed by atoms with van der Waals surface area (Å²) in [4.78, 5) is 22.4. The van der Waals surface area contributed by atoms with E-state index in [2.05, 4.69) is 0 Å². The molecule has 4 heteroatoms. The van der Waals surface area contributed by atoms with Crippen LogP contribution in [0.15, 0.2) is 36.4 Å². The average Bonchev–Trinajstić information content (AvgIpc) is 2.54. The molecule has 5 rings (SSSR count). The van der Waals surface area contributed by atoms with Gasteiger partial charge in [-0.15, -0.1) is 0 Å². The number of rotatable bonds is 2. The molecule has 0 spiro atoms. The quantitative estimate of drug-likeness (QED) is 0.889. The van der Waals surface area contributed by atoms with Crippen molar-refractivity contribution in [1.82, 2.24) is 0 Å². The number of benzene rings is 2. The smallest absolute Gasteiger partial charge is 0.335 e. The lowest BCUT2D eigenvalue weighted by atomic mass is 9.63. The van der Waals surface area contributed by atoms with Crippen LogP contribution in [0.5, 0.6) is 0 Å². The number of hydrogen-bond donors (Lipinski definition) is 2. The van der Waals surface area contributed by atoms with E-state index in [1.165, 1.54) is 0 Å². The van der Waals surface area contributed by atoms with Crippen molar-refractivity contribution in [2.24, 2.45) is 0 Å². The molecule has 0 radical (unpaired) electrons. The Labute approximate surface area is 127 Å². The van der Waals surface area contributed by atoms with Crippen molar-refractivity contribution in [2.45, 2.75) is 24.7 Å². The van der Waals surface area contributed by atoms with Crippen LogP contribution < -0.4 is 0 Å². The fourth-order valence-corrected chi connectivity index (χ4v) is 3.94. The van der Waals surface area contributed by atoms with Gasteiger partial charge in [-0.2, -0.15) is 0 Å². The van der Waals surface area contributed by atoms with Crippen LogP contribution in [-0.2, 0) is 0 Å². The van der Waals surface area contributed by atoms with Crippen LogP contribution in [0.2, 0.25) is 0 Å². The highest BCUT2D eigenvalue weighted by Crippen LogP contribution is 2.52. The minimum atomic E-state index is -0.911. The van der Waals surface area contributed by atoms with E-state index in [1.807, 2.05) is 12.1 Å². The molecule has 0 aliphatic heterocycles. The molecule has 2 aromatic carbocycles. The normalized spacial score (nSPS) is 21.1. The van der Waals surface area contributed by atoms with Crippen LogP contribution in [0, 0.1) is 0 Å². The summed E-state index contributed by atoms with van der Waals surface area (Å²) >= 11 is 0. The van der Waals surface area contributed by atoms with E-state index in [-0.39, 0.29) is 11.8 Å². The zero-order chi connectivity index (χ0) is 15.4. The maximum atomic E-state index is 11.2. The van der Waals surface area contributed by atoms with Crippen molar-refractivity contribution in [2.75, 3.05) is 0 Å². The van der Waals surface area contributed by atoms with E-state index in [1.54, 1.807) is 24.3 Å². The molecule has 0 saturated heterocycles. The number of aromatic carboxylic acids is 2. The van der Waals surface area contributed by atoms with E-state index in [0.717, 1.165) is 35.1 Å². The molecule has 0 aromatic heterocycles. The van der Waals surface area contributed by atoms with Crippen molar-refractivity contribution in [3.05, 3.63) is 69.8 Å². The van der Waals surface area contributed by atoms with Gasteiger partial charge in [-0.1, -0.05) is 12.1 Å². The number of hydrogen-bond acceptors (Lipinski definition) is 2. The number of carbonyl (C=O) groups is 2. The summed E-state index contributed by atoms with van der Waals surface area (Å²) in [6, 6.07) is 10.6. The fourth-order valence-electron chi connectivity index (χ4n) is 3.94. The fraction of sp³-hybridized carbons (Fsp3) is 0.222. The topological polar surface area (TPSA) is 74.6 Å². The molecule has 4 nitrogen and oxygen atoms in total. The summed E-state index contributed by atoms with van der Waals surface area (Å²) in [5.41, 5.74) is 5.11. The highest BCUT2D eigenvalue weighted by Gasteiger charge is 2.37. The molecule has 2 bridgehead atoms. The highest BCUT2D eigenvalue weighted by atomic mass is 16.4.